The van der Waals surface area contributed by atoms with E-state index in [0.29, 0.717) is 31.7 Å². The summed E-state index contributed by atoms with van der Waals surface area (Å²) in [5.74, 6) is 0.0300. The van der Waals surface area contributed by atoms with Crippen molar-refractivity contribution in [1.29, 1.82) is 0 Å². The Hall–Kier alpha value is -1.79. The van der Waals surface area contributed by atoms with Crippen LogP contribution in [0, 0.1) is 5.41 Å². The summed E-state index contributed by atoms with van der Waals surface area (Å²) in [6, 6.07) is 7.30. The molecule has 0 spiro atoms. The highest BCUT2D eigenvalue weighted by Crippen LogP contribution is 2.29. The van der Waals surface area contributed by atoms with Gasteiger partial charge in [0.05, 0.1) is 0 Å². The molecule has 2 aliphatic heterocycles. The number of hydrogen-bond acceptors (Lipinski definition) is 3. The number of rotatable bonds is 2. The number of anilines is 1. The third-order valence-corrected chi connectivity index (χ3v) is 4.88. The number of hydrogen-bond donors (Lipinski definition) is 2. The maximum Gasteiger partial charge on any atom is 0.321 e. The molecule has 6 nitrogen and oxygen atoms in total. The van der Waals surface area contributed by atoms with Crippen molar-refractivity contribution >= 4 is 30.0 Å². The Morgan fingerprint density at radius 2 is 1.92 bits per heavy atom. The smallest absolute Gasteiger partial charge is 0.321 e. The SMILES string of the molecule is CC1(C)CN(C(=O)c2ccc(N3CCNC3=O)cc2)CCC1N.Cl. The first-order valence-corrected chi connectivity index (χ1v) is 8.09. The number of halogens is 1. The lowest BCUT2D eigenvalue weighted by Gasteiger charge is -2.42. The molecule has 2 fully saturated rings. The first-order valence-electron chi connectivity index (χ1n) is 8.09. The molecule has 2 saturated heterocycles. The Bertz CT molecular complexity index is 618. The highest BCUT2D eigenvalue weighted by molar-refractivity contribution is 5.97. The predicted octanol–water partition coefficient (Wildman–Crippen LogP) is 1.84. The molecule has 0 saturated carbocycles. The Kier molecular flexibility index (Phi) is 5.40. The van der Waals surface area contributed by atoms with Crippen LogP contribution in [0.1, 0.15) is 30.6 Å². The molecule has 1 atom stereocenters. The predicted molar refractivity (Wildman–Crippen MR) is 96.7 cm³/mol. The van der Waals surface area contributed by atoms with Gasteiger partial charge in [-0.15, -0.1) is 12.4 Å². The Balaban J connectivity index is 0.00000208. The normalized spacial score (nSPS) is 22.8. The zero-order valence-corrected chi connectivity index (χ0v) is 14.9. The Morgan fingerprint density at radius 1 is 1.25 bits per heavy atom. The van der Waals surface area contributed by atoms with E-state index in [-0.39, 0.29) is 35.8 Å². The number of nitrogens with two attached hydrogens (primary N) is 1. The number of likely N-dealkylation sites (tertiary alicyclic amines) is 1. The van der Waals surface area contributed by atoms with Gasteiger partial charge in [-0.25, -0.2) is 4.79 Å². The van der Waals surface area contributed by atoms with Gasteiger partial charge in [0.2, 0.25) is 0 Å². The zero-order chi connectivity index (χ0) is 16.6. The van der Waals surface area contributed by atoms with Crippen LogP contribution in [0.5, 0.6) is 0 Å². The molecule has 0 radical (unpaired) electrons. The number of piperidine rings is 1. The van der Waals surface area contributed by atoms with Crippen molar-refractivity contribution < 1.29 is 9.59 Å². The van der Waals surface area contributed by atoms with E-state index < -0.39 is 0 Å². The van der Waals surface area contributed by atoms with Gasteiger partial charge in [-0.2, -0.15) is 0 Å². The van der Waals surface area contributed by atoms with Crippen LogP contribution in [-0.4, -0.2) is 49.1 Å². The second kappa shape index (κ2) is 6.99. The number of amides is 3. The van der Waals surface area contributed by atoms with Gasteiger partial charge in [-0.05, 0) is 36.1 Å². The van der Waals surface area contributed by atoms with E-state index >= 15 is 0 Å². The van der Waals surface area contributed by atoms with Crippen molar-refractivity contribution in [2.45, 2.75) is 26.3 Å². The van der Waals surface area contributed by atoms with E-state index in [0.717, 1.165) is 12.1 Å². The average Bonchev–Trinajstić information content (AvgIpc) is 2.95. The average molecular weight is 353 g/mol. The quantitative estimate of drug-likeness (QED) is 0.852. The lowest BCUT2D eigenvalue weighted by Crippen LogP contribution is -2.54. The number of nitrogens with one attached hydrogen (secondary N) is 1. The Morgan fingerprint density at radius 3 is 2.46 bits per heavy atom. The minimum absolute atomic E-state index is 0. The highest BCUT2D eigenvalue weighted by atomic mass is 35.5. The number of carbonyl (C=O) groups is 2. The molecule has 3 amide bonds. The molecule has 1 unspecified atom stereocenters. The summed E-state index contributed by atoms with van der Waals surface area (Å²) in [6.07, 6.45) is 0.824. The number of carbonyl (C=O) groups excluding carboxylic acids is 2. The van der Waals surface area contributed by atoms with Crippen LogP contribution in [0.25, 0.3) is 0 Å². The number of benzene rings is 1. The van der Waals surface area contributed by atoms with Gasteiger partial charge in [0.25, 0.3) is 5.91 Å². The maximum atomic E-state index is 12.7. The molecule has 0 bridgehead atoms. The van der Waals surface area contributed by atoms with Gasteiger partial charge < -0.3 is 16.0 Å². The van der Waals surface area contributed by atoms with Crippen LogP contribution in [-0.2, 0) is 0 Å². The van der Waals surface area contributed by atoms with Crippen molar-refractivity contribution in [3.05, 3.63) is 29.8 Å². The van der Waals surface area contributed by atoms with Gasteiger partial charge in [-0.3, -0.25) is 9.69 Å². The van der Waals surface area contributed by atoms with E-state index in [1.165, 1.54) is 0 Å². The van der Waals surface area contributed by atoms with Crippen molar-refractivity contribution in [3.63, 3.8) is 0 Å². The van der Waals surface area contributed by atoms with E-state index in [4.69, 9.17) is 5.73 Å². The van der Waals surface area contributed by atoms with Crippen molar-refractivity contribution in [2.75, 3.05) is 31.1 Å². The van der Waals surface area contributed by atoms with Gasteiger partial charge in [-0.1, -0.05) is 13.8 Å². The lowest BCUT2D eigenvalue weighted by molar-refractivity contribution is 0.0533. The van der Waals surface area contributed by atoms with Gasteiger partial charge in [0.15, 0.2) is 0 Å². The zero-order valence-electron chi connectivity index (χ0n) is 14.1. The number of nitrogens with zero attached hydrogens (tertiary/aromatic N) is 2. The summed E-state index contributed by atoms with van der Waals surface area (Å²) in [6.45, 7) is 6.88. The molecule has 3 rings (SSSR count). The molecule has 2 aliphatic rings. The second-order valence-electron chi connectivity index (χ2n) is 7.04. The number of urea groups is 1. The van der Waals surface area contributed by atoms with E-state index in [1.54, 1.807) is 17.0 Å². The van der Waals surface area contributed by atoms with Crippen LogP contribution in [0.15, 0.2) is 24.3 Å². The first-order chi connectivity index (χ1) is 10.9. The van der Waals surface area contributed by atoms with Gasteiger partial charge >= 0.3 is 6.03 Å². The molecule has 0 aliphatic carbocycles. The fourth-order valence-electron chi connectivity index (χ4n) is 3.23. The molecular weight excluding hydrogens is 328 g/mol. The van der Waals surface area contributed by atoms with Crippen LogP contribution in [0.2, 0.25) is 0 Å². The molecule has 2 heterocycles. The fraction of sp³-hybridized carbons (Fsp3) is 0.529. The third-order valence-electron chi connectivity index (χ3n) is 4.88. The Labute approximate surface area is 148 Å². The van der Waals surface area contributed by atoms with Crippen molar-refractivity contribution in [3.8, 4) is 0 Å². The van der Waals surface area contributed by atoms with Crippen LogP contribution >= 0.6 is 12.4 Å². The first kappa shape index (κ1) is 18.5. The monoisotopic (exact) mass is 352 g/mol. The summed E-state index contributed by atoms with van der Waals surface area (Å²) < 4.78 is 0. The molecular formula is C17H25ClN4O2. The molecule has 24 heavy (non-hydrogen) atoms. The third kappa shape index (κ3) is 3.49. The fourth-order valence-corrected chi connectivity index (χ4v) is 3.23. The molecule has 0 aromatic heterocycles. The summed E-state index contributed by atoms with van der Waals surface area (Å²) in [5.41, 5.74) is 7.54. The van der Waals surface area contributed by atoms with E-state index in [2.05, 4.69) is 19.2 Å². The van der Waals surface area contributed by atoms with Gasteiger partial charge in [0, 0.05) is 43.5 Å². The van der Waals surface area contributed by atoms with Gasteiger partial charge in [0.1, 0.15) is 0 Å². The van der Waals surface area contributed by atoms with Crippen LogP contribution < -0.4 is 16.0 Å². The second-order valence-corrected chi connectivity index (χ2v) is 7.04. The van der Waals surface area contributed by atoms with Crippen LogP contribution in [0.3, 0.4) is 0 Å². The standard InChI is InChI=1S/C17H24N4O2.ClH/c1-17(2)11-20(9-7-14(17)18)15(22)12-3-5-13(6-4-12)21-10-8-19-16(21)23;/h3-6,14H,7-11,18H2,1-2H3,(H,19,23);1H. The molecule has 7 heteroatoms. The largest absolute Gasteiger partial charge is 0.338 e. The summed E-state index contributed by atoms with van der Waals surface area (Å²) in [5, 5.41) is 2.77. The molecule has 3 N–H and O–H groups in total. The van der Waals surface area contributed by atoms with E-state index in [9.17, 15) is 9.59 Å². The molecule has 1 aromatic carbocycles. The van der Waals surface area contributed by atoms with Crippen molar-refractivity contribution in [1.82, 2.24) is 10.2 Å². The lowest BCUT2D eigenvalue weighted by atomic mass is 9.79. The summed E-state index contributed by atoms with van der Waals surface area (Å²) in [4.78, 5) is 27.9. The maximum absolute atomic E-state index is 12.7. The van der Waals surface area contributed by atoms with Crippen molar-refractivity contribution in [2.24, 2.45) is 11.1 Å². The summed E-state index contributed by atoms with van der Waals surface area (Å²) >= 11 is 0. The molecule has 1 aromatic rings. The topological polar surface area (TPSA) is 78.7 Å². The highest BCUT2D eigenvalue weighted by Gasteiger charge is 2.35. The minimum Gasteiger partial charge on any atom is -0.338 e. The van der Waals surface area contributed by atoms with Crippen LogP contribution in [0.4, 0.5) is 10.5 Å². The summed E-state index contributed by atoms with van der Waals surface area (Å²) in [7, 11) is 0. The van der Waals surface area contributed by atoms with E-state index in [1.807, 2.05) is 17.0 Å². The molecule has 132 valence electrons. The minimum atomic E-state index is -0.0872.